The molecule has 2 aliphatic carbocycles. The van der Waals surface area contributed by atoms with Crippen LogP contribution in [0, 0.1) is 17.8 Å². The van der Waals surface area contributed by atoms with Crippen LogP contribution in [0.15, 0.2) is 42.6 Å². The van der Waals surface area contributed by atoms with E-state index in [1.807, 2.05) is 17.7 Å². The molecule has 1 unspecified atom stereocenters. The molecule has 2 saturated heterocycles. The van der Waals surface area contributed by atoms with E-state index in [-0.39, 0.29) is 50.6 Å². The zero-order valence-electron chi connectivity index (χ0n) is 33.4. The van der Waals surface area contributed by atoms with E-state index in [0.29, 0.717) is 35.8 Å². The van der Waals surface area contributed by atoms with E-state index in [0.717, 1.165) is 4.90 Å². The van der Waals surface area contributed by atoms with Crippen LogP contribution in [-0.2, 0) is 33.9 Å². The van der Waals surface area contributed by atoms with Crippen molar-refractivity contribution in [3.05, 3.63) is 42.6 Å². The number of hydrogen-bond donors (Lipinski definition) is 3. The van der Waals surface area contributed by atoms with Gasteiger partial charge in [0.25, 0.3) is 5.91 Å². The minimum absolute atomic E-state index is 0.00878. The molecule has 60 heavy (non-hydrogen) atoms. The molecule has 0 spiro atoms. The molecule has 0 radical (unpaired) electrons. The largest absolute Gasteiger partial charge is 0.494 e. The number of allylic oxidation sites excluding steroid dienone is 1. The highest BCUT2D eigenvalue weighted by Gasteiger charge is 2.64. The molecule has 3 N–H and O–H groups in total. The molecule has 2 aromatic rings. The highest BCUT2D eigenvalue weighted by atomic mass is 32.2. The number of nitrogens with one attached hydrogen (secondary N) is 3. The van der Waals surface area contributed by atoms with Gasteiger partial charge in [-0.15, -0.1) is 0 Å². The van der Waals surface area contributed by atoms with Gasteiger partial charge in [0.15, 0.2) is 0 Å². The van der Waals surface area contributed by atoms with Crippen LogP contribution in [0.4, 0.5) is 22.4 Å². The number of fused-ring (bicyclic) bond motifs is 3. The maximum absolute atomic E-state index is 14.8. The molecule has 4 amide bonds. The van der Waals surface area contributed by atoms with Crippen molar-refractivity contribution in [3.8, 4) is 11.6 Å². The van der Waals surface area contributed by atoms with Gasteiger partial charge in [-0.1, -0.05) is 44.2 Å². The number of ether oxygens (including phenoxy) is 4. The monoisotopic (exact) mass is 867 g/mol. The summed E-state index contributed by atoms with van der Waals surface area (Å²) in [7, 11) is -2.99. The number of nitrogens with zero attached hydrogens (tertiary/aromatic N) is 2. The number of carbonyl (C=O) groups excluding carboxylic acids is 4. The summed E-state index contributed by atoms with van der Waals surface area (Å²) in [5, 5.41) is 6.34. The molecule has 328 valence electrons. The van der Waals surface area contributed by atoms with Crippen molar-refractivity contribution in [2.45, 2.75) is 105 Å². The molecule has 20 heteroatoms. The van der Waals surface area contributed by atoms with Gasteiger partial charge in [-0.2, -0.15) is 13.2 Å². The van der Waals surface area contributed by atoms with Gasteiger partial charge in [-0.25, -0.2) is 22.6 Å². The molecule has 4 fully saturated rings. The first-order valence-electron chi connectivity index (χ1n) is 20.0. The predicted octanol–water partition coefficient (Wildman–Crippen LogP) is 4.24. The first-order valence-corrected chi connectivity index (χ1v) is 21.5. The fourth-order valence-electron chi connectivity index (χ4n) is 8.55. The number of halogens is 4. The number of sulfonamides is 1. The third kappa shape index (κ3) is 8.20. The van der Waals surface area contributed by atoms with Crippen LogP contribution in [0.1, 0.15) is 65.2 Å². The van der Waals surface area contributed by atoms with Crippen molar-refractivity contribution in [2.75, 3.05) is 33.5 Å². The Kier molecular flexibility index (Phi) is 11.8. The van der Waals surface area contributed by atoms with Crippen LogP contribution in [0.25, 0.3) is 10.8 Å². The van der Waals surface area contributed by atoms with Crippen LogP contribution in [0.5, 0.6) is 11.6 Å². The van der Waals surface area contributed by atoms with Crippen LogP contribution >= 0.6 is 0 Å². The van der Waals surface area contributed by atoms with Gasteiger partial charge >= 0.3 is 12.3 Å². The summed E-state index contributed by atoms with van der Waals surface area (Å²) in [4.78, 5) is 62.3. The van der Waals surface area contributed by atoms with Crippen LogP contribution < -0.4 is 24.8 Å². The Hall–Kier alpha value is -4.72. The summed E-state index contributed by atoms with van der Waals surface area (Å²) in [6.07, 6.45) is -1.78. The van der Waals surface area contributed by atoms with E-state index >= 15 is 0 Å². The molecule has 4 heterocycles. The molecule has 15 nitrogen and oxygen atoms in total. The number of alkyl carbamates (subject to hydrolysis) is 1. The van der Waals surface area contributed by atoms with Crippen molar-refractivity contribution in [1.29, 1.82) is 0 Å². The predicted molar refractivity (Wildman–Crippen MR) is 206 cm³/mol. The Balaban J connectivity index is 1.23. The molecule has 1 aromatic carbocycles. The summed E-state index contributed by atoms with van der Waals surface area (Å²) in [5.41, 5.74) is -4.71. The van der Waals surface area contributed by atoms with Crippen LogP contribution in [0.3, 0.4) is 0 Å². The zero-order chi connectivity index (χ0) is 43.3. The Labute approximate surface area is 344 Å². The third-order valence-electron chi connectivity index (χ3n) is 12.6. The lowest BCUT2D eigenvalue weighted by Crippen LogP contribution is -2.60. The number of methoxy groups -OCH3 is 1. The number of rotatable bonds is 9. The summed E-state index contributed by atoms with van der Waals surface area (Å²) >= 11 is 0. The normalized spacial score (nSPS) is 32.4. The van der Waals surface area contributed by atoms with Gasteiger partial charge in [0.1, 0.15) is 40.9 Å². The fourth-order valence-corrected chi connectivity index (χ4v) is 9.97. The third-order valence-corrected chi connectivity index (χ3v) is 14.7. The quantitative estimate of drug-likeness (QED) is 0.241. The number of benzene rings is 1. The standard InChI is InChI=1S/C40H49F4N5O10S/c1-23-8-4-5-9-25-18-39(25,35(52)48-60(54,55)37(21-41)12-13-37)47-32(50)29-17-26(58-33-28-11-7-6-10-27(28)30(56-3)19-45-33)20-49(29)34(51)31(24(2)16-23)46-36(53)59-38(40(42,43)44)14-15-57-22-38/h5-7,9-11,19,23-26,29,31H,4,8,12-18,20-22H2,1-3H3,(H,46,53)(H,47,50)(H,48,52)/b9-5-/t23-,24+,25+,26+,29-,31-,38?,39+/m0/s1. The van der Waals surface area contributed by atoms with Crippen molar-refractivity contribution in [3.63, 3.8) is 0 Å². The Morgan fingerprint density at radius 3 is 2.48 bits per heavy atom. The Morgan fingerprint density at radius 2 is 1.83 bits per heavy atom. The highest BCUT2D eigenvalue weighted by molar-refractivity contribution is 7.91. The van der Waals surface area contributed by atoms with Crippen molar-refractivity contribution >= 4 is 44.6 Å². The maximum Gasteiger partial charge on any atom is 0.430 e. The number of hydrogen-bond acceptors (Lipinski definition) is 11. The molecule has 1 aromatic heterocycles. The topological polar surface area (TPSA) is 192 Å². The number of alkyl halides is 4. The Morgan fingerprint density at radius 1 is 1.10 bits per heavy atom. The second-order valence-electron chi connectivity index (χ2n) is 16.8. The van der Waals surface area contributed by atoms with Gasteiger partial charge < -0.3 is 34.5 Å². The molecule has 3 aliphatic heterocycles. The Bertz CT molecular complexity index is 2150. The van der Waals surface area contributed by atoms with Gasteiger partial charge in [0.05, 0.1) is 33.1 Å². The lowest BCUT2D eigenvalue weighted by atomic mass is 9.88. The minimum atomic E-state index is -4.98. The number of carbonyl (C=O) groups is 4. The molecular formula is C40H49F4N5O10S. The van der Waals surface area contributed by atoms with Gasteiger partial charge in [-0.3, -0.25) is 19.1 Å². The van der Waals surface area contributed by atoms with Crippen molar-refractivity contribution in [1.82, 2.24) is 25.2 Å². The smallest absolute Gasteiger partial charge is 0.430 e. The summed E-state index contributed by atoms with van der Waals surface area (Å²) in [5.74, 6) is -3.53. The minimum Gasteiger partial charge on any atom is -0.494 e. The average molecular weight is 868 g/mol. The van der Waals surface area contributed by atoms with Gasteiger partial charge in [0.2, 0.25) is 33.3 Å². The van der Waals surface area contributed by atoms with Crippen LogP contribution in [0.2, 0.25) is 0 Å². The first-order chi connectivity index (χ1) is 28.4. The van der Waals surface area contributed by atoms with E-state index < -0.39 is 106 Å². The molecular weight excluding hydrogens is 819 g/mol. The lowest BCUT2D eigenvalue weighted by molar-refractivity contribution is -0.256. The van der Waals surface area contributed by atoms with E-state index in [2.05, 4.69) is 15.6 Å². The van der Waals surface area contributed by atoms with Crippen molar-refractivity contribution in [2.24, 2.45) is 17.8 Å². The zero-order valence-corrected chi connectivity index (χ0v) is 34.2. The van der Waals surface area contributed by atoms with E-state index in [9.17, 15) is 45.2 Å². The summed E-state index contributed by atoms with van der Waals surface area (Å²) in [6, 6.07) is 4.21. The molecule has 2 saturated carbocycles. The maximum atomic E-state index is 14.8. The van der Waals surface area contributed by atoms with Gasteiger partial charge in [0, 0.05) is 29.5 Å². The molecule has 0 bridgehead atoms. The summed E-state index contributed by atoms with van der Waals surface area (Å²) in [6.45, 7) is 0.902. The summed E-state index contributed by atoms with van der Waals surface area (Å²) < 4.78 is 105. The van der Waals surface area contributed by atoms with Crippen LogP contribution in [-0.4, -0.2) is 116 Å². The second kappa shape index (κ2) is 16.3. The van der Waals surface area contributed by atoms with Gasteiger partial charge in [-0.05, 0) is 56.4 Å². The first kappa shape index (κ1) is 43.4. The molecule has 8 atom stereocenters. The molecule has 5 aliphatic rings. The number of aromatic nitrogens is 1. The van der Waals surface area contributed by atoms with Crippen molar-refractivity contribution < 1.29 is 64.1 Å². The fraction of sp³-hybridized carbons (Fsp3) is 0.625. The van der Waals surface area contributed by atoms with E-state index in [1.54, 1.807) is 37.3 Å². The number of amides is 4. The SMILES string of the molecule is COc1cnc(O[C@@H]2C[C@H]3C(=O)N[C@]4(C(=O)NS(=O)(=O)C5(CF)CC5)C[C@H]4/C=C\CC[C@H](C)C[C@@H](C)[C@H](NC(=O)OC4(C(F)(F)F)CCOC4)C(=O)N3C2)c2ccccc12. The van der Waals surface area contributed by atoms with E-state index in [4.69, 9.17) is 18.9 Å². The second-order valence-corrected chi connectivity index (χ2v) is 18.9. The number of pyridine rings is 1. The molecule has 7 rings (SSSR count). The highest BCUT2D eigenvalue weighted by Crippen LogP contribution is 2.48. The lowest BCUT2D eigenvalue weighted by Gasteiger charge is -2.34. The average Bonchev–Trinajstić information content (AvgIpc) is 4.03. The van der Waals surface area contributed by atoms with E-state index in [1.165, 1.54) is 13.3 Å².